The number of aliphatic hydroxyl groups excluding tert-OH is 1. The Labute approximate surface area is 288 Å². The van der Waals surface area contributed by atoms with Crippen molar-refractivity contribution in [3.63, 3.8) is 0 Å². The lowest BCUT2D eigenvalue weighted by molar-refractivity contribution is -0.344. The third-order valence-electron chi connectivity index (χ3n) is 10.4. The molecule has 1 unspecified atom stereocenters. The molecule has 0 spiro atoms. The van der Waals surface area contributed by atoms with Crippen LogP contribution >= 0.6 is 0 Å². The molecule has 5 aliphatic heterocycles. The van der Waals surface area contributed by atoms with E-state index in [1.807, 2.05) is 12.1 Å². The van der Waals surface area contributed by atoms with E-state index in [0.29, 0.717) is 6.54 Å². The third-order valence-corrected chi connectivity index (χ3v) is 10.4. The van der Waals surface area contributed by atoms with Gasteiger partial charge >= 0.3 is 6.18 Å². The topological polar surface area (TPSA) is 106 Å². The molecular weight excluding hydrogens is 651 g/mol. The number of carboxylic acid groups (broad SMARTS) is 1. The predicted octanol–water partition coefficient (Wildman–Crippen LogP) is 2.62. The number of carbonyl (C=O) groups is 1. The summed E-state index contributed by atoms with van der Waals surface area (Å²) in [5.74, 6) is -0.853. The minimum atomic E-state index is -5.19. The van der Waals surface area contributed by atoms with Crippen molar-refractivity contribution < 1.29 is 42.4 Å². The number of benzene rings is 3. The molecule has 5 heterocycles. The summed E-state index contributed by atoms with van der Waals surface area (Å²) in [5.41, 5.74) is 11.7. The van der Waals surface area contributed by atoms with Crippen molar-refractivity contribution in [2.75, 3.05) is 51.8 Å². The molecule has 9 nitrogen and oxygen atoms in total. The lowest BCUT2D eigenvalue weighted by Crippen LogP contribution is -2.45. The molecular formula is C38H42F3N3O6. The van der Waals surface area contributed by atoms with Crippen molar-refractivity contribution >= 4 is 17.2 Å². The number of aryl methyl sites for hydroxylation is 2. The second kappa shape index (κ2) is 14.0. The van der Waals surface area contributed by atoms with Gasteiger partial charge in [0.1, 0.15) is 36.8 Å². The van der Waals surface area contributed by atoms with Crippen LogP contribution in [0.1, 0.15) is 70.9 Å². The molecule has 0 aromatic heterocycles. The van der Waals surface area contributed by atoms with Crippen LogP contribution in [0, 0.1) is 0 Å². The van der Waals surface area contributed by atoms with Crippen LogP contribution in [0.25, 0.3) is 5.57 Å². The molecule has 50 heavy (non-hydrogen) atoms. The number of hydrogen-bond donors (Lipinski definition) is 2. The summed E-state index contributed by atoms with van der Waals surface area (Å²) in [6, 6.07) is 13.3. The predicted molar refractivity (Wildman–Crippen MR) is 179 cm³/mol. The Bertz CT molecular complexity index is 1920. The van der Waals surface area contributed by atoms with E-state index in [9.17, 15) is 18.3 Å². The molecule has 0 aliphatic carbocycles. The zero-order valence-corrected chi connectivity index (χ0v) is 28.3. The summed E-state index contributed by atoms with van der Waals surface area (Å²) in [7, 11) is 3.20. The Morgan fingerprint density at radius 1 is 0.960 bits per heavy atom. The van der Waals surface area contributed by atoms with E-state index in [1.54, 1.807) is 14.2 Å². The SMILES string of the molecule is COC(CNC(O)c1ccc(C2=c3cc4c5c(c3Oc3c2cc2c6c3CCCN6CCC2)CCC[N+]=5CCC4)cc1)OC.O=C([O-])C(F)(F)F. The van der Waals surface area contributed by atoms with Crippen LogP contribution in [0.5, 0.6) is 11.5 Å². The quantitative estimate of drug-likeness (QED) is 0.225. The normalized spacial score (nSPS) is 17.9. The Hall–Kier alpha value is -3.97. The molecule has 8 rings (SSSR count). The number of nitrogens with zero attached hydrogens (tertiary/aromatic N) is 2. The monoisotopic (exact) mass is 693 g/mol. The summed E-state index contributed by atoms with van der Waals surface area (Å²) in [5, 5.41) is 25.5. The number of methoxy groups -OCH3 is 2. The van der Waals surface area contributed by atoms with Gasteiger partial charge in [-0.3, -0.25) is 5.32 Å². The number of anilines is 1. The van der Waals surface area contributed by atoms with E-state index in [-0.39, 0.29) is 0 Å². The van der Waals surface area contributed by atoms with E-state index >= 15 is 0 Å². The molecule has 2 N–H and O–H groups in total. The highest BCUT2D eigenvalue weighted by Gasteiger charge is 2.35. The van der Waals surface area contributed by atoms with Crippen molar-refractivity contribution in [3.8, 4) is 11.5 Å². The maximum atomic E-state index is 10.9. The average molecular weight is 694 g/mol. The largest absolute Gasteiger partial charge is 0.542 e. The smallest absolute Gasteiger partial charge is 0.430 e. The lowest BCUT2D eigenvalue weighted by Gasteiger charge is -2.39. The molecule has 0 bridgehead atoms. The lowest BCUT2D eigenvalue weighted by atomic mass is 9.82. The number of carboxylic acids is 1. The zero-order valence-electron chi connectivity index (χ0n) is 28.3. The van der Waals surface area contributed by atoms with Crippen LogP contribution in [0.4, 0.5) is 18.9 Å². The third kappa shape index (κ3) is 6.38. The second-order valence-electron chi connectivity index (χ2n) is 13.5. The van der Waals surface area contributed by atoms with Gasteiger partial charge in [-0.2, -0.15) is 13.2 Å². The molecule has 3 aromatic carbocycles. The molecule has 5 aliphatic rings. The Morgan fingerprint density at radius 2 is 1.60 bits per heavy atom. The van der Waals surface area contributed by atoms with Gasteiger partial charge in [0.15, 0.2) is 6.29 Å². The standard InChI is InChI=1S/C36H42N3O4.C2HF3O2/c1-41-30(42-2)21-37-36(40)23-13-11-22(12-14-23)31-28-19-24-7-3-15-38-17-5-9-26(32(24)38)34(28)43-35-27-10-6-18-39-16-4-8-25(33(27)39)20-29(31)35;3-2(4,5)1(6)7/h11-14,19-20,30,36-37,40H,3-10,15-18,21H2,1-2H3;(H,6,7)/q+1;/p-1. The van der Waals surface area contributed by atoms with Gasteiger partial charge in [0.25, 0.3) is 0 Å². The van der Waals surface area contributed by atoms with Crippen LogP contribution < -0.4 is 35.2 Å². The first-order valence-corrected chi connectivity index (χ1v) is 17.4. The van der Waals surface area contributed by atoms with E-state index in [4.69, 9.17) is 24.1 Å². The first-order chi connectivity index (χ1) is 24.1. The molecule has 0 amide bonds. The number of aliphatic hydroxyl groups is 1. The minimum absolute atomic E-state index is 0.390. The number of nitrogens with one attached hydrogen (secondary N) is 1. The number of aliphatic carboxylic acids is 1. The van der Waals surface area contributed by atoms with Gasteiger partial charge in [0.05, 0.1) is 5.56 Å². The van der Waals surface area contributed by atoms with E-state index in [2.05, 4.69) is 39.1 Å². The van der Waals surface area contributed by atoms with Crippen molar-refractivity contribution in [1.29, 1.82) is 0 Å². The molecule has 12 heteroatoms. The number of alkyl halides is 3. The van der Waals surface area contributed by atoms with Gasteiger partial charge in [-0.25, -0.2) is 4.58 Å². The van der Waals surface area contributed by atoms with Gasteiger partial charge in [-0.05, 0) is 67.3 Å². The maximum Gasteiger partial charge on any atom is 0.430 e. The summed E-state index contributed by atoms with van der Waals surface area (Å²) in [4.78, 5) is 11.4. The molecule has 0 radical (unpaired) electrons. The summed E-state index contributed by atoms with van der Waals surface area (Å²) >= 11 is 0. The van der Waals surface area contributed by atoms with Crippen LogP contribution in [0.2, 0.25) is 0 Å². The van der Waals surface area contributed by atoms with Crippen LogP contribution in [0.3, 0.4) is 0 Å². The Morgan fingerprint density at radius 3 is 2.28 bits per heavy atom. The van der Waals surface area contributed by atoms with Gasteiger partial charge < -0.3 is 34.1 Å². The van der Waals surface area contributed by atoms with Gasteiger partial charge in [0, 0.05) is 79.9 Å². The van der Waals surface area contributed by atoms with Gasteiger partial charge in [0.2, 0.25) is 5.36 Å². The zero-order chi connectivity index (χ0) is 35.2. The first kappa shape index (κ1) is 34.5. The van der Waals surface area contributed by atoms with E-state index in [0.717, 1.165) is 68.9 Å². The fourth-order valence-corrected chi connectivity index (χ4v) is 8.25. The maximum absolute atomic E-state index is 10.9. The molecule has 0 fully saturated rings. The highest BCUT2D eigenvalue weighted by atomic mass is 19.4. The Balaban J connectivity index is 0.000000510. The number of hydrogen-bond acceptors (Lipinski definition) is 8. The van der Waals surface area contributed by atoms with Crippen molar-refractivity contribution in [3.05, 3.63) is 85.9 Å². The fourth-order valence-electron chi connectivity index (χ4n) is 8.25. The van der Waals surface area contributed by atoms with E-state index in [1.165, 1.54) is 80.9 Å². The highest BCUT2D eigenvalue weighted by molar-refractivity contribution is 5.89. The molecule has 1 atom stereocenters. The first-order valence-electron chi connectivity index (χ1n) is 17.4. The second-order valence-corrected chi connectivity index (χ2v) is 13.5. The summed E-state index contributed by atoms with van der Waals surface area (Å²) < 4.78 is 51.9. The van der Waals surface area contributed by atoms with Crippen LogP contribution in [-0.4, -0.2) is 70.5 Å². The van der Waals surface area contributed by atoms with Crippen molar-refractivity contribution in [2.24, 2.45) is 0 Å². The molecule has 3 aromatic rings. The number of carbonyl (C=O) groups excluding carboxylic acids is 1. The molecule has 0 saturated carbocycles. The van der Waals surface area contributed by atoms with E-state index < -0.39 is 24.7 Å². The Kier molecular flexibility index (Phi) is 9.64. The highest BCUT2D eigenvalue weighted by Crippen LogP contribution is 2.48. The van der Waals surface area contributed by atoms with Crippen molar-refractivity contribution in [1.82, 2.24) is 9.89 Å². The fraction of sp³-hybridized carbons (Fsp3) is 0.474. The number of rotatable bonds is 7. The number of ether oxygens (including phenoxy) is 3. The number of fused-ring (bicyclic) bond motifs is 4. The van der Waals surface area contributed by atoms with Crippen LogP contribution in [-0.2, 0) is 40.0 Å². The van der Waals surface area contributed by atoms with Gasteiger partial charge in [-0.15, -0.1) is 0 Å². The summed E-state index contributed by atoms with van der Waals surface area (Å²) in [6.07, 6.45) is 2.72. The molecule has 0 saturated heterocycles. The van der Waals surface area contributed by atoms with Crippen LogP contribution in [0.15, 0.2) is 36.4 Å². The number of halogens is 3. The molecule has 266 valence electrons. The summed E-state index contributed by atoms with van der Waals surface area (Å²) in [6.45, 7) is 4.97. The van der Waals surface area contributed by atoms with Gasteiger partial charge in [-0.1, -0.05) is 24.3 Å². The van der Waals surface area contributed by atoms with Crippen molar-refractivity contribution in [2.45, 2.75) is 70.1 Å². The minimum Gasteiger partial charge on any atom is -0.542 e. The average Bonchev–Trinajstić information content (AvgIpc) is 3.12.